The number of benzene rings is 2. The first kappa shape index (κ1) is 13.1. The number of hydrogen-bond acceptors (Lipinski definition) is 3. The molecule has 104 valence electrons. The van der Waals surface area contributed by atoms with E-state index in [0.717, 1.165) is 11.1 Å². The Bertz CT molecular complexity index is 777. The van der Waals surface area contributed by atoms with E-state index in [-0.39, 0.29) is 5.56 Å². The molecule has 21 heavy (non-hydrogen) atoms. The molecule has 0 aliphatic heterocycles. The van der Waals surface area contributed by atoms with Crippen LogP contribution >= 0.6 is 0 Å². The highest BCUT2D eigenvalue weighted by molar-refractivity contribution is 5.88. The fourth-order valence-electron chi connectivity index (χ4n) is 2.27. The number of anilines is 1. The summed E-state index contributed by atoms with van der Waals surface area (Å²) in [6.07, 6.45) is 3.63. The largest absolute Gasteiger partial charge is 0.478 e. The van der Waals surface area contributed by atoms with Gasteiger partial charge >= 0.3 is 5.97 Å². The summed E-state index contributed by atoms with van der Waals surface area (Å²) >= 11 is 0. The van der Waals surface area contributed by atoms with Gasteiger partial charge < -0.3 is 10.4 Å². The lowest BCUT2D eigenvalue weighted by molar-refractivity contribution is 0.0697. The molecule has 0 radical (unpaired) electrons. The second-order valence-electron chi connectivity index (χ2n) is 4.75. The number of carbonyl (C=O) groups is 1. The molecule has 0 fully saturated rings. The lowest BCUT2D eigenvalue weighted by Crippen LogP contribution is -2.01. The quantitative estimate of drug-likeness (QED) is 0.766. The van der Waals surface area contributed by atoms with Gasteiger partial charge in [0, 0.05) is 30.0 Å². The molecule has 2 aromatic carbocycles. The van der Waals surface area contributed by atoms with E-state index in [4.69, 9.17) is 5.11 Å². The van der Waals surface area contributed by atoms with Gasteiger partial charge in [-0.1, -0.05) is 18.2 Å². The number of pyridine rings is 1. The summed E-state index contributed by atoms with van der Waals surface area (Å²) in [5, 5.41) is 14.5. The molecule has 0 amide bonds. The zero-order valence-electron chi connectivity index (χ0n) is 11.3. The molecular weight excluding hydrogens is 264 g/mol. The SMILES string of the molecule is O=C(O)c1ccc(NCc2cccc3cnccc23)cc1. The Labute approximate surface area is 122 Å². The molecule has 0 saturated carbocycles. The van der Waals surface area contributed by atoms with Crippen LogP contribution in [0.25, 0.3) is 10.8 Å². The van der Waals surface area contributed by atoms with Crippen molar-refractivity contribution in [3.05, 3.63) is 72.1 Å². The molecule has 0 spiro atoms. The molecule has 3 aromatic rings. The molecule has 0 saturated heterocycles. The van der Waals surface area contributed by atoms with Gasteiger partial charge in [-0.15, -0.1) is 0 Å². The third-order valence-corrected chi connectivity index (χ3v) is 3.39. The van der Waals surface area contributed by atoms with E-state index in [0.29, 0.717) is 6.54 Å². The van der Waals surface area contributed by atoms with Crippen LogP contribution in [0.15, 0.2) is 60.9 Å². The van der Waals surface area contributed by atoms with E-state index in [1.54, 1.807) is 30.5 Å². The van der Waals surface area contributed by atoms with Crippen molar-refractivity contribution in [3.63, 3.8) is 0 Å². The Morgan fingerprint density at radius 3 is 2.67 bits per heavy atom. The summed E-state index contributed by atoms with van der Waals surface area (Å²) in [4.78, 5) is 14.9. The summed E-state index contributed by atoms with van der Waals surface area (Å²) in [7, 11) is 0. The van der Waals surface area contributed by atoms with Crippen molar-refractivity contribution in [2.75, 3.05) is 5.32 Å². The standard InChI is InChI=1S/C17H14N2O2/c20-17(21)12-4-6-15(7-5-12)19-11-14-3-1-2-13-10-18-9-8-16(13)14/h1-10,19H,11H2,(H,20,21). The van der Waals surface area contributed by atoms with Gasteiger partial charge in [0.25, 0.3) is 0 Å². The van der Waals surface area contributed by atoms with Gasteiger partial charge in [-0.25, -0.2) is 4.79 Å². The Hall–Kier alpha value is -2.88. The molecule has 2 N–H and O–H groups in total. The van der Waals surface area contributed by atoms with Crippen molar-refractivity contribution in [1.82, 2.24) is 4.98 Å². The molecule has 0 aliphatic rings. The molecule has 1 heterocycles. The smallest absolute Gasteiger partial charge is 0.335 e. The maximum absolute atomic E-state index is 10.8. The van der Waals surface area contributed by atoms with Gasteiger partial charge in [0.05, 0.1) is 5.56 Å². The van der Waals surface area contributed by atoms with E-state index in [1.165, 1.54) is 10.9 Å². The second-order valence-corrected chi connectivity index (χ2v) is 4.75. The predicted octanol–water partition coefficient (Wildman–Crippen LogP) is 3.55. The van der Waals surface area contributed by atoms with Crippen molar-refractivity contribution in [3.8, 4) is 0 Å². The predicted molar refractivity (Wildman–Crippen MR) is 82.5 cm³/mol. The highest BCUT2D eigenvalue weighted by Crippen LogP contribution is 2.19. The van der Waals surface area contributed by atoms with Crippen LogP contribution in [0.2, 0.25) is 0 Å². The summed E-state index contributed by atoms with van der Waals surface area (Å²) in [6, 6.07) is 14.9. The Balaban J connectivity index is 1.79. The average Bonchev–Trinajstić information content (AvgIpc) is 2.53. The van der Waals surface area contributed by atoms with Crippen molar-refractivity contribution in [2.45, 2.75) is 6.54 Å². The number of carboxylic acids is 1. The molecule has 4 heteroatoms. The third kappa shape index (κ3) is 2.84. The minimum atomic E-state index is -0.914. The zero-order chi connectivity index (χ0) is 14.7. The van der Waals surface area contributed by atoms with Crippen molar-refractivity contribution < 1.29 is 9.90 Å². The van der Waals surface area contributed by atoms with Gasteiger partial charge in [0.15, 0.2) is 0 Å². The minimum Gasteiger partial charge on any atom is -0.478 e. The monoisotopic (exact) mass is 278 g/mol. The van der Waals surface area contributed by atoms with E-state index in [2.05, 4.69) is 16.4 Å². The lowest BCUT2D eigenvalue weighted by Gasteiger charge is -2.09. The maximum atomic E-state index is 10.8. The number of hydrogen-bond donors (Lipinski definition) is 2. The first-order chi connectivity index (χ1) is 10.2. The van der Waals surface area contributed by atoms with Crippen LogP contribution in [0.1, 0.15) is 15.9 Å². The molecule has 0 atom stereocenters. The number of aromatic nitrogens is 1. The number of fused-ring (bicyclic) bond motifs is 1. The molecule has 0 bridgehead atoms. The van der Waals surface area contributed by atoms with Crippen LogP contribution in [-0.4, -0.2) is 16.1 Å². The molecule has 0 aliphatic carbocycles. The van der Waals surface area contributed by atoms with Crippen LogP contribution in [0.4, 0.5) is 5.69 Å². The number of rotatable bonds is 4. The first-order valence-corrected chi connectivity index (χ1v) is 6.63. The van der Waals surface area contributed by atoms with Gasteiger partial charge in [-0.3, -0.25) is 4.98 Å². The number of nitrogens with zero attached hydrogens (tertiary/aromatic N) is 1. The topological polar surface area (TPSA) is 62.2 Å². The van der Waals surface area contributed by atoms with E-state index in [1.807, 2.05) is 24.4 Å². The molecule has 3 rings (SSSR count). The number of aromatic carboxylic acids is 1. The van der Waals surface area contributed by atoms with Gasteiger partial charge in [0.2, 0.25) is 0 Å². The highest BCUT2D eigenvalue weighted by Gasteiger charge is 2.03. The Morgan fingerprint density at radius 2 is 1.90 bits per heavy atom. The van der Waals surface area contributed by atoms with Gasteiger partial charge in [0.1, 0.15) is 0 Å². The van der Waals surface area contributed by atoms with Crippen molar-refractivity contribution in [1.29, 1.82) is 0 Å². The van der Waals surface area contributed by atoms with Gasteiger partial charge in [-0.05, 0) is 41.3 Å². The summed E-state index contributed by atoms with van der Waals surface area (Å²) in [5.74, 6) is -0.914. The summed E-state index contributed by atoms with van der Waals surface area (Å²) < 4.78 is 0. The number of carboxylic acid groups (broad SMARTS) is 1. The maximum Gasteiger partial charge on any atom is 0.335 e. The van der Waals surface area contributed by atoms with E-state index >= 15 is 0 Å². The van der Waals surface area contributed by atoms with Gasteiger partial charge in [-0.2, -0.15) is 0 Å². The third-order valence-electron chi connectivity index (χ3n) is 3.39. The minimum absolute atomic E-state index is 0.289. The molecular formula is C17H14N2O2. The second kappa shape index (κ2) is 5.63. The lowest BCUT2D eigenvalue weighted by atomic mass is 10.1. The number of nitrogens with one attached hydrogen (secondary N) is 1. The van der Waals surface area contributed by atoms with Crippen molar-refractivity contribution >= 4 is 22.4 Å². The zero-order valence-corrected chi connectivity index (χ0v) is 11.3. The van der Waals surface area contributed by atoms with Crippen LogP contribution in [0.3, 0.4) is 0 Å². The molecule has 1 aromatic heterocycles. The molecule has 4 nitrogen and oxygen atoms in total. The fourth-order valence-corrected chi connectivity index (χ4v) is 2.27. The van der Waals surface area contributed by atoms with Crippen LogP contribution < -0.4 is 5.32 Å². The Morgan fingerprint density at radius 1 is 1.10 bits per heavy atom. The highest BCUT2D eigenvalue weighted by atomic mass is 16.4. The first-order valence-electron chi connectivity index (χ1n) is 6.63. The van der Waals surface area contributed by atoms with E-state index < -0.39 is 5.97 Å². The summed E-state index contributed by atoms with van der Waals surface area (Å²) in [5.41, 5.74) is 2.36. The van der Waals surface area contributed by atoms with Crippen molar-refractivity contribution in [2.24, 2.45) is 0 Å². The van der Waals surface area contributed by atoms with Crippen LogP contribution in [0.5, 0.6) is 0 Å². The Kier molecular flexibility index (Phi) is 3.51. The van der Waals surface area contributed by atoms with E-state index in [9.17, 15) is 4.79 Å². The normalized spacial score (nSPS) is 10.5. The fraction of sp³-hybridized carbons (Fsp3) is 0.0588. The summed E-state index contributed by atoms with van der Waals surface area (Å²) in [6.45, 7) is 0.674. The average molecular weight is 278 g/mol. The van der Waals surface area contributed by atoms with Crippen LogP contribution in [-0.2, 0) is 6.54 Å². The van der Waals surface area contributed by atoms with Crippen LogP contribution in [0, 0.1) is 0 Å². The molecule has 0 unspecified atom stereocenters.